The fourth-order valence-corrected chi connectivity index (χ4v) is 1.93. The van der Waals surface area contributed by atoms with E-state index in [1.807, 2.05) is 39.1 Å². The lowest BCUT2D eigenvalue weighted by atomic mass is 10.1. The van der Waals surface area contributed by atoms with Crippen molar-refractivity contribution < 1.29 is 14.2 Å². The minimum atomic E-state index is 0.0834. The number of hydrogen-bond acceptors (Lipinski definition) is 4. The molecule has 0 heterocycles. The van der Waals surface area contributed by atoms with E-state index in [4.69, 9.17) is 14.2 Å². The monoisotopic (exact) mass is 267 g/mol. The Morgan fingerprint density at radius 3 is 2.58 bits per heavy atom. The molecule has 1 N–H and O–H groups in total. The lowest BCUT2D eigenvalue weighted by molar-refractivity contribution is -0.0000397. The van der Waals surface area contributed by atoms with Gasteiger partial charge in [-0.3, -0.25) is 0 Å². The van der Waals surface area contributed by atoms with Gasteiger partial charge in [0.2, 0.25) is 0 Å². The first-order chi connectivity index (χ1) is 9.22. The lowest BCUT2D eigenvalue weighted by Crippen LogP contribution is -2.26. The molecule has 4 nitrogen and oxygen atoms in total. The summed E-state index contributed by atoms with van der Waals surface area (Å²) in [7, 11) is 3.61. The maximum atomic E-state index is 5.78. The molecule has 108 valence electrons. The average molecular weight is 267 g/mol. The molecule has 19 heavy (non-hydrogen) atoms. The SMILES string of the molecule is CCOc1ccccc1C(COC(C)COC)NC. The van der Waals surface area contributed by atoms with Gasteiger partial charge in [-0.25, -0.2) is 0 Å². The van der Waals surface area contributed by atoms with Crippen molar-refractivity contribution in [3.8, 4) is 5.75 Å². The normalized spacial score (nSPS) is 14.1. The molecule has 0 spiro atoms. The van der Waals surface area contributed by atoms with E-state index in [0.29, 0.717) is 19.8 Å². The van der Waals surface area contributed by atoms with Gasteiger partial charge < -0.3 is 19.5 Å². The molecule has 4 heteroatoms. The van der Waals surface area contributed by atoms with Crippen LogP contribution in [0.4, 0.5) is 0 Å². The zero-order chi connectivity index (χ0) is 14.1. The number of nitrogens with one attached hydrogen (secondary N) is 1. The topological polar surface area (TPSA) is 39.7 Å². The van der Waals surface area contributed by atoms with Gasteiger partial charge in [-0.05, 0) is 27.0 Å². The number of benzene rings is 1. The molecule has 0 saturated carbocycles. The van der Waals surface area contributed by atoms with Crippen molar-refractivity contribution in [2.45, 2.75) is 26.0 Å². The van der Waals surface area contributed by atoms with E-state index in [2.05, 4.69) is 11.4 Å². The van der Waals surface area contributed by atoms with Gasteiger partial charge in [-0.2, -0.15) is 0 Å². The predicted octanol–water partition coefficient (Wildman–Crippen LogP) is 2.40. The van der Waals surface area contributed by atoms with E-state index in [1.165, 1.54) is 0 Å². The van der Waals surface area contributed by atoms with Crippen LogP contribution in [0.5, 0.6) is 5.75 Å². The van der Waals surface area contributed by atoms with Gasteiger partial charge in [-0.15, -0.1) is 0 Å². The van der Waals surface area contributed by atoms with Crippen molar-refractivity contribution in [3.05, 3.63) is 29.8 Å². The first-order valence-corrected chi connectivity index (χ1v) is 6.72. The zero-order valence-electron chi connectivity index (χ0n) is 12.3. The summed E-state index contributed by atoms with van der Waals surface area (Å²) in [5.74, 6) is 0.910. The number of rotatable bonds is 9. The summed E-state index contributed by atoms with van der Waals surface area (Å²) < 4.78 is 16.5. The van der Waals surface area contributed by atoms with Crippen LogP contribution in [-0.2, 0) is 9.47 Å². The van der Waals surface area contributed by atoms with Crippen LogP contribution < -0.4 is 10.1 Å². The van der Waals surface area contributed by atoms with Crippen LogP contribution in [0.2, 0.25) is 0 Å². The lowest BCUT2D eigenvalue weighted by Gasteiger charge is -2.22. The molecular weight excluding hydrogens is 242 g/mol. The predicted molar refractivity (Wildman–Crippen MR) is 76.7 cm³/mol. The highest BCUT2D eigenvalue weighted by Gasteiger charge is 2.15. The number of likely N-dealkylation sites (N-methyl/N-ethyl adjacent to an activating group) is 1. The van der Waals surface area contributed by atoms with E-state index in [0.717, 1.165) is 11.3 Å². The molecule has 2 atom stereocenters. The molecule has 0 fully saturated rings. The van der Waals surface area contributed by atoms with Crippen LogP contribution in [-0.4, -0.2) is 40.1 Å². The Bertz CT molecular complexity index is 357. The van der Waals surface area contributed by atoms with Crippen molar-refractivity contribution in [2.24, 2.45) is 0 Å². The van der Waals surface area contributed by atoms with Gasteiger partial charge in [0.05, 0.1) is 32.0 Å². The van der Waals surface area contributed by atoms with Gasteiger partial charge >= 0.3 is 0 Å². The first kappa shape index (κ1) is 16.0. The Morgan fingerprint density at radius 2 is 1.95 bits per heavy atom. The van der Waals surface area contributed by atoms with Gasteiger partial charge in [0.1, 0.15) is 5.75 Å². The molecule has 0 aliphatic carbocycles. The molecule has 1 aromatic rings. The highest BCUT2D eigenvalue weighted by Crippen LogP contribution is 2.25. The molecule has 1 rings (SSSR count). The second-order valence-electron chi connectivity index (χ2n) is 4.41. The highest BCUT2D eigenvalue weighted by atomic mass is 16.5. The van der Waals surface area contributed by atoms with Crippen molar-refractivity contribution in [1.82, 2.24) is 5.32 Å². The second-order valence-corrected chi connectivity index (χ2v) is 4.41. The summed E-state index contributed by atoms with van der Waals surface area (Å²) in [5.41, 5.74) is 1.12. The zero-order valence-corrected chi connectivity index (χ0v) is 12.3. The van der Waals surface area contributed by atoms with Crippen molar-refractivity contribution in [2.75, 3.05) is 34.0 Å². The number of hydrogen-bond donors (Lipinski definition) is 1. The number of methoxy groups -OCH3 is 1. The molecular formula is C15H25NO3. The van der Waals surface area contributed by atoms with E-state index in [1.54, 1.807) is 7.11 Å². The molecule has 0 saturated heterocycles. The highest BCUT2D eigenvalue weighted by molar-refractivity contribution is 5.36. The molecule has 1 aromatic carbocycles. The summed E-state index contributed by atoms with van der Waals surface area (Å²) in [5, 5.41) is 3.27. The number of ether oxygens (including phenoxy) is 3. The van der Waals surface area contributed by atoms with Crippen LogP contribution in [0.3, 0.4) is 0 Å². The second kappa shape index (κ2) is 8.91. The molecule has 0 bridgehead atoms. The summed E-state index contributed by atoms with van der Waals surface area (Å²) in [4.78, 5) is 0. The van der Waals surface area contributed by atoms with E-state index < -0.39 is 0 Å². The Kier molecular flexibility index (Phi) is 7.48. The van der Waals surface area contributed by atoms with Crippen molar-refractivity contribution in [1.29, 1.82) is 0 Å². The fraction of sp³-hybridized carbons (Fsp3) is 0.600. The maximum absolute atomic E-state index is 5.78. The molecule has 0 amide bonds. The van der Waals surface area contributed by atoms with Crippen LogP contribution in [0.15, 0.2) is 24.3 Å². The van der Waals surface area contributed by atoms with Gasteiger partial charge in [0.25, 0.3) is 0 Å². The number of para-hydroxylation sites is 1. The average Bonchev–Trinajstić information content (AvgIpc) is 2.42. The van der Waals surface area contributed by atoms with Crippen molar-refractivity contribution >= 4 is 0 Å². The first-order valence-electron chi connectivity index (χ1n) is 6.72. The van der Waals surface area contributed by atoms with Crippen LogP contribution in [0.1, 0.15) is 25.5 Å². The summed E-state index contributed by atoms with van der Waals surface area (Å²) in [6.45, 7) is 5.84. The molecule has 0 aromatic heterocycles. The molecule has 0 radical (unpaired) electrons. The molecule has 0 aliphatic heterocycles. The Labute approximate surface area is 116 Å². The van der Waals surface area contributed by atoms with E-state index in [-0.39, 0.29) is 12.1 Å². The van der Waals surface area contributed by atoms with Crippen molar-refractivity contribution in [3.63, 3.8) is 0 Å². The third-order valence-corrected chi connectivity index (χ3v) is 2.89. The third-order valence-electron chi connectivity index (χ3n) is 2.89. The standard InChI is InChI=1S/C15H25NO3/c1-5-18-15-9-7-6-8-13(15)14(16-3)11-19-12(2)10-17-4/h6-9,12,14,16H,5,10-11H2,1-4H3. The summed E-state index contributed by atoms with van der Waals surface area (Å²) in [6.07, 6.45) is 0.0834. The quantitative estimate of drug-likeness (QED) is 0.746. The van der Waals surface area contributed by atoms with Gasteiger partial charge in [-0.1, -0.05) is 18.2 Å². The minimum absolute atomic E-state index is 0.0834. The Morgan fingerprint density at radius 1 is 1.21 bits per heavy atom. The van der Waals surface area contributed by atoms with Crippen LogP contribution in [0, 0.1) is 0 Å². The van der Waals surface area contributed by atoms with Crippen LogP contribution in [0.25, 0.3) is 0 Å². The summed E-state index contributed by atoms with van der Waals surface area (Å²) >= 11 is 0. The third kappa shape index (κ3) is 5.19. The maximum Gasteiger partial charge on any atom is 0.124 e. The van der Waals surface area contributed by atoms with E-state index in [9.17, 15) is 0 Å². The van der Waals surface area contributed by atoms with Crippen LogP contribution >= 0.6 is 0 Å². The van der Waals surface area contributed by atoms with Gasteiger partial charge in [0.15, 0.2) is 0 Å². The minimum Gasteiger partial charge on any atom is -0.494 e. The summed E-state index contributed by atoms with van der Waals surface area (Å²) in [6, 6.07) is 8.16. The van der Waals surface area contributed by atoms with Gasteiger partial charge in [0, 0.05) is 12.7 Å². The Balaban J connectivity index is 2.68. The molecule has 2 unspecified atom stereocenters. The Hall–Kier alpha value is -1.10. The van der Waals surface area contributed by atoms with E-state index >= 15 is 0 Å². The fourth-order valence-electron chi connectivity index (χ4n) is 1.93. The largest absolute Gasteiger partial charge is 0.494 e. The molecule has 0 aliphatic rings. The smallest absolute Gasteiger partial charge is 0.124 e.